The van der Waals surface area contributed by atoms with Crippen LogP contribution in [-0.2, 0) is 0 Å². The Morgan fingerprint density at radius 1 is 1.29 bits per heavy atom. The highest BCUT2D eigenvalue weighted by Crippen LogP contribution is 2.34. The highest BCUT2D eigenvalue weighted by molar-refractivity contribution is 5.37. The molecule has 1 atom stereocenters. The lowest BCUT2D eigenvalue weighted by molar-refractivity contribution is 0.106. The molecule has 0 bridgehead atoms. The van der Waals surface area contributed by atoms with Gasteiger partial charge in [-0.25, -0.2) is 0 Å². The number of nitrogens with zero attached hydrogens (tertiary/aromatic N) is 1. The smallest absolute Gasteiger partial charge is 0.120 e. The molecule has 0 heterocycles. The first kappa shape index (κ1) is 16.3. The molecule has 0 aliphatic heterocycles. The van der Waals surface area contributed by atoms with Crippen LogP contribution in [0.5, 0.6) is 5.75 Å². The zero-order valence-electron chi connectivity index (χ0n) is 13.7. The number of phenols is 1. The summed E-state index contributed by atoms with van der Waals surface area (Å²) in [6.45, 7) is 7.61. The van der Waals surface area contributed by atoms with Crippen molar-refractivity contribution in [3.8, 4) is 5.75 Å². The van der Waals surface area contributed by atoms with Crippen molar-refractivity contribution >= 4 is 0 Å². The van der Waals surface area contributed by atoms with Gasteiger partial charge in [0.15, 0.2) is 0 Å². The molecule has 0 saturated heterocycles. The summed E-state index contributed by atoms with van der Waals surface area (Å²) in [5.41, 5.74) is 8.30. The minimum absolute atomic E-state index is 0.254. The van der Waals surface area contributed by atoms with Crippen molar-refractivity contribution < 1.29 is 5.11 Å². The standard InChI is InChI=1S/C18H30N2O/c1-4-11-20(16-8-6-15(19)7-9-16)14(3)17-12-13(2)5-10-18(17)21/h5,10,12,14-16,21H,4,6-9,11,19H2,1-3H3. The van der Waals surface area contributed by atoms with Crippen LogP contribution in [0.2, 0.25) is 0 Å². The van der Waals surface area contributed by atoms with E-state index in [0.717, 1.165) is 31.4 Å². The predicted molar refractivity (Wildman–Crippen MR) is 88.5 cm³/mol. The number of aromatic hydroxyl groups is 1. The molecule has 0 aromatic heterocycles. The van der Waals surface area contributed by atoms with Gasteiger partial charge in [0.25, 0.3) is 0 Å². The SMILES string of the molecule is CCCN(C1CCC(N)CC1)C(C)c1cc(C)ccc1O. The maximum atomic E-state index is 10.2. The number of rotatable bonds is 5. The summed E-state index contributed by atoms with van der Waals surface area (Å²) < 4.78 is 0. The topological polar surface area (TPSA) is 49.5 Å². The summed E-state index contributed by atoms with van der Waals surface area (Å²) in [4.78, 5) is 2.57. The van der Waals surface area contributed by atoms with E-state index >= 15 is 0 Å². The number of nitrogens with two attached hydrogens (primary N) is 1. The summed E-state index contributed by atoms with van der Waals surface area (Å²) >= 11 is 0. The van der Waals surface area contributed by atoms with E-state index < -0.39 is 0 Å². The molecular formula is C18H30N2O. The molecule has 1 saturated carbocycles. The molecule has 3 N–H and O–H groups in total. The van der Waals surface area contributed by atoms with E-state index in [-0.39, 0.29) is 6.04 Å². The van der Waals surface area contributed by atoms with Gasteiger partial charge in [0.2, 0.25) is 0 Å². The molecule has 21 heavy (non-hydrogen) atoms. The lowest BCUT2D eigenvalue weighted by atomic mass is 9.89. The molecule has 1 aliphatic rings. The van der Waals surface area contributed by atoms with Crippen molar-refractivity contribution in [1.82, 2.24) is 4.90 Å². The zero-order valence-corrected chi connectivity index (χ0v) is 13.7. The van der Waals surface area contributed by atoms with E-state index in [1.807, 2.05) is 12.1 Å². The molecule has 1 aromatic carbocycles. The van der Waals surface area contributed by atoms with E-state index in [2.05, 4.69) is 31.7 Å². The second-order valence-corrected chi connectivity index (χ2v) is 6.54. The van der Waals surface area contributed by atoms with Crippen molar-refractivity contribution in [2.75, 3.05) is 6.54 Å². The van der Waals surface area contributed by atoms with Gasteiger partial charge in [-0.05, 0) is 58.6 Å². The first-order chi connectivity index (χ1) is 10.0. The number of hydrogen-bond donors (Lipinski definition) is 2. The fourth-order valence-electron chi connectivity index (χ4n) is 3.57. The van der Waals surface area contributed by atoms with Gasteiger partial charge >= 0.3 is 0 Å². The third-order valence-corrected chi connectivity index (χ3v) is 4.82. The summed E-state index contributed by atoms with van der Waals surface area (Å²) in [7, 11) is 0. The van der Waals surface area contributed by atoms with Gasteiger partial charge < -0.3 is 10.8 Å². The monoisotopic (exact) mass is 290 g/mol. The summed E-state index contributed by atoms with van der Waals surface area (Å²) in [5, 5.41) is 10.2. The Kier molecular flexibility index (Phi) is 5.65. The maximum absolute atomic E-state index is 10.2. The van der Waals surface area contributed by atoms with E-state index in [1.165, 1.54) is 18.4 Å². The van der Waals surface area contributed by atoms with Crippen LogP contribution in [0.15, 0.2) is 18.2 Å². The summed E-state index contributed by atoms with van der Waals surface area (Å²) in [5.74, 6) is 0.418. The van der Waals surface area contributed by atoms with Gasteiger partial charge in [0.05, 0.1) is 0 Å². The van der Waals surface area contributed by atoms with Crippen molar-refractivity contribution in [2.45, 2.75) is 71.0 Å². The van der Waals surface area contributed by atoms with Crippen LogP contribution < -0.4 is 5.73 Å². The van der Waals surface area contributed by atoms with Gasteiger partial charge in [-0.15, -0.1) is 0 Å². The Balaban J connectivity index is 2.18. The quantitative estimate of drug-likeness (QED) is 0.868. The van der Waals surface area contributed by atoms with E-state index in [1.54, 1.807) is 0 Å². The molecule has 0 amide bonds. The third-order valence-electron chi connectivity index (χ3n) is 4.82. The molecule has 3 nitrogen and oxygen atoms in total. The van der Waals surface area contributed by atoms with Gasteiger partial charge in [0, 0.05) is 23.7 Å². The average molecular weight is 290 g/mol. The van der Waals surface area contributed by atoms with Gasteiger partial charge in [-0.1, -0.05) is 24.6 Å². The van der Waals surface area contributed by atoms with Gasteiger partial charge in [-0.2, -0.15) is 0 Å². The summed E-state index contributed by atoms with van der Waals surface area (Å²) in [6.07, 6.45) is 5.74. The lowest BCUT2D eigenvalue weighted by Crippen LogP contribution is -2.42. The Hall–Kier alpha value is -1.06. The van der Waals surface area contributed by atoms with Crippen molar-refractivity contribution in [1.29, 1.82) is 0 Å². The molecular weight excluding hydrogens is 260 g/mol. The largest absolute Gasteiger partial charge is 0.508 e. The van der Waals surface area contributed by atoms with Crippen LogP contribution in [0.1, 0.15) is 63.1 Å². The number of benzene rings is 1. The zero-order chi connectivity index (χ0) is 15.4. The van der Waals surface area contributed by atoms with E-state index in [4.69, 9.17) is 5.73 Å². The van der Waals surface area contributed by atoms with Crippen LogP contribution in [0.25, 0.3) is 0 Å². The van der Waals surface area contributed by atoms with E-state index in [0.29, 0.717) is 17.8 Å². The second-order valence-electron chi connectivity index (χ2n) is 6.54. The van der Waals surface area contributed by atoms with Crippen LogP contribution in [-0.4, -0.2) is 28.6 Å². The molecule has 2 rings (SSSR count). The molecule has 1 unspecified atom stereocenters. The third kappa shape index (κ3) is 3.98. The Morgan fingerprint density at radius 3 is 2.57 bits per heavy atom. The Morgan fingerprint density at radius 2 is 1.95 bits per heavy atom. The fourth-order valence-corrected chi connectivity index (χ4v) is 3.57. The molecule has 3 heteroatoms. The molecule has 1 aliphatic carbocycles. The molecule has 1 aromatic rings. The van der Waals surface area contributed by atoms with E-state index in [9.17, 15) is 5.11 Å². The first-order valence-corrected chi connectivity index (χ1v) is 8.33. The first-order valence-electron chi connectivity index (χ1n) is 8.33. The Labute approximate surface area is 129 Å². The van der Waals surface area contributed by atoms with Crippen LogP contribution in [0.3, 0.4) is 0 Å². The molecule has 1 fully saturated rings. The van der Waals surface area contributed by atoms with Crippen molar-refractivity contribution in [3.63, 3.8) is 0 Å². The van der Waals surface area contributed by atoms with Crippen LogP contribution >= 0.6 is 0 Å². The van der Waals surface area contributed by atoms with Crippen LogP contribution in [0.4, 0.5) is 0 Å². The van der Waals surface area contributed by atoms with Gasteiger partial charge in [-0.3, -0.25) is 4.90 Å². The minimum atomic E-state index is 0.254. The minimum Gasteiger partial charge on any atom is -0.508 e. The molecule has 0 spiro atoms. The average Bonchev–Trinajstić information content (AvgIpc) is 2.48. The maximum Gasteiger partial charge on any atom is 0.120 e. The number of hydrogen-bond acceptors (Lipinski definition) is 3. The van der Waals surface area contributed by atoms with Gasteiger partial charge in [0.1, 0.15) is 5.75 Å². The lowest BCUT2D eigenvalue weighted by Gasteiger charge is -2.40. The Bertz CT molecular complexity index is 453. The van der Waals surface area contributed by atoms with Crippen molar-refractivity contribution in [2.24, 2.45) is 5.73 Å². The number of aryl methyl sites for hydroxylation is 1. The molecule has 118 valence electrons. The fraction of sp³-hybridized carbons (Fsp3) is 0.667. The highest BCUT2D eigenvalue weighted by Gasteiger charge is 2.28. The number of phenolic OH excluding ortho intramolecular Hbond substituents is 1. The van der Waals surface area contributed by atoms with Crippen molar-refractivity contribution in [3.05, 3.63) is 29.3 Å². The normalized spacial score (nSPS) is 24.2. The van der Waals surface area contributed by atoms with Crippen LogP contribution in [0, 0.1) is 6.92 Å². The highest BCUT2D eigenvalue weighted by atomic mass is 16.3. The predicted octanol–water partition coefficient (Wildman–Crippen LogP) is 3.74. The molecule has 0 radical (unpaired) electrons. The second kappa shape index (κ2) is 7.28. The summed E-state index contributed by atoms with van der Waals surface area (Å²) in [6, 6.07) is 7.14.